The molecule has 0 aliphatic heterocycles. The molecule has 1 N–H and O–H groups in total. The van der Waals surface area contributed by atoms with Gasteiger partial charge in [-0.25, -0.2) is 0 Å². The van der Waals surface area contributed by atoms with Crippen LogP contribution in [0.4, 0.5) is 5.69 Å². The van der Waals surface area contributed by atoms with Crippen molar-refractivity contribution in [1.29, 1.82) is 0 Å². The van der Waals surface area contributed by atoms with Crippen molar-refractivity contribution in [3.8, 4) is 5.75 Å². The van der Waals surface area contributed by atoms with Crippen LogP contribution in [-0.4, -0.2) is 13.2 Å². The molecule has 0 atom stereocenters. The van der Waals surface area contributed by atoms with Crippen LogP contribution in [0.15, 0.2) is 12.1 Å². The number of rotatable bonds is 5. The highest BCUT2D eigenvalue weighted by atomic mass is 35.5. The predicted molar refractivity (Wildman–Crippen MR) is 70.7 cm³/mol. The third-order valence-electron chi connectivity index (χ3n) is 2.83. The van der Waals surface area contributed by atoms with Gasteiger partial charge >= 0.3 is 0 Å². The van der Waals surface area contributed by atoms with E-state index in [-0.39, 0.29) is 0 Å². The Labute approximate surface area is 103 Å². The second-order valence-corrected chi connectivity index (χ2v) is 4.37. The molecule has 0 heterocycles. The fourth-order valence-corrected chi connectivity index (χ4v) is 1.81. The zero-order valence-electron chi connectivity index (χ0n) is 10.4. The van der Waals surface area contributed by atoms with Crippen molar-refractivity contribution in [1.82, 2.24) is 0 Å². The third kappa shape index (κ3) is 3.05. The Morgan fingerprint density at radius 2 is 1.94 bits per heavy atom. The van der Waals surface area contributed by atoms with Crippen LogP contribution in [0.5, 0.6) is 5.75 Å². The van der Waals surface area contributed by atoms with Gasteiger partial charge in [0, 0.05) is 17.1 Å². The van der Waals surface area contributed by atoms with E-state index in [0.717, 1.165) is 34.9 Å². The summed E-state index contributed by atoms with van der Waals surface area (Å²) in [6.07, 6.45) is 2.20. The molecule has 1 aromatic rings. The lowest BCUT2D eigenvalue weighted by Crippen LogP contribution is -2.17. The topological polar surface area (TPSA) is 21.3 Å². The molecule has 0 fully saturated rings. The van der Waals surface area contributed by atoms with Crippen molar-refractivity contribution in [2.24, 2.45) is 0 Å². The Balaban J connectivity index is 2.97. The van der Waals surface area contributed by atoms with Crippen molar-refractivity contribution in [3.63, 3.8) is 0 Å². The van der Waals surface area contributed by atoms with Crippen molar-refractivity contribution in [2.75, 3.05) is 12.4 Å². The van der Waals surface area contributed by atoms with Gasteiger partial charge in [0.2, 0.25) is 0 Å². The number of methoxy groups -OCH3 is 1. The van der Waals surface area contributed by atoms with Crippen LogP contribution in [0.3, 0.4) is 0 Å². The number of aryl methyl sites for hydroxylation is 1. The summed E-state index contributed by atoms with van der Waals surface area (Å²) in [7, 11) is 1.67. The van der Waals surface area contributed by atoms with Crippen LogP contribution < -0.4 is 10.1 Å². The number of hydrogen-bond acceptors (Lipinski definition) is 2. The van der Waals surface area contributed by atoms with Crippen molar-refractivity contribution in [3.05, 3.63) is 22.7 Å². The molecule has 0 amide bonds. The summed E-state index contributed by atoms with van der Waals surface area (Å²) in [5, 5.41) is 4.22. The van der Waals surface area contributed by atoms with Gasteiger partial charge in [0.15, 0.2) is 0 Å². The van der Waals surface area contributed by atoms with E-state index < -0.39 is 0 Å². The molecule has 3 heteroatoms. The van der Waals surface area contributed by atoms with E-state index in [1.165, 1.54) is 0 Å². The molecule has 1 aromatic carbocycles. The number of nitrogens with one attached hydrogen (secondary N) is 1. The molecule has 2 nitrogen and oxygen atoms in total. The normalized spacial score (nSPS) is 10.6. The van der Waals surface area contributed by atoms with E-state index in [2.05, 4.69) is 19.2 Å². The van der Waals surface area contributed by atoms with Gasteiger partial charge in [-0.05, 0) is 31.4 Å². The van der Waals surface area contributed by atoms with Gasteiger partial charge in [-0.1, -0.05) is 25.4 Å². The average molecular weight is 242 g/mol. The van der Waals surface area contributed by atoms with Crippen LogP contribution >= 0.6 is 11.6 Å². The lowest BCUT2D eigenvalue weighted by Gasteiger charge is -2.19. The fraction of sp³-hybridized carbons (Fsp3) is 0.538. The largest absolute Gasteiger partial charge is 0.495 e. The summed E-state index contributed by atoms with van der Waals surface area (Å²) in [4.78, 5) is 0. The Morgan fingerprint density at radius 3 is 2.44 bits per heavy atom. The number of ether oxygens (including phenoxy) is 1. The number of halogens is 1. The summed E-state index contributed by atoms with van der Waals surface area (Å²) in [5.41, 5.74) is 2.09. The quantitative estimate of drug-likeness (QED) is 0.832. The summed E-state index contributed by atoms with van der Waals surface area (Å²) in [6, 6.07) is 4.38. The van der Waals surface area contributed by atoms with Gasteiger partial charge in [0.25, 0.3) is 0 Å². The summed E-state index contributed by atoms with van der Waals surface area (Å²) < 4.78 is 5.32. The Hall–Kier alpha value is -0.890. The maximum absolute atomic E-state index is 6.06. The van der Waals surface area contributed by atoms with E-state index in [0.29, 0.717) is 6.04 Å². The Bertz CT molecular complexity index is 348. The van der Waals surface area contributed by atoms with Gasteiger partial charge in [-0.3, -0.25) is 0 Å². The second-order valence-electron chi connectivity index (χ2n) is 3.96. The highest BCUT2D eigenvalue weighted by molar-refractivity contribution is 6.31. The average Bonchev–Trinajstić information content (AvgIpc) is 2.29. The van der Waals surface area contributed by atoms with Crippen molar-refractivity contribution in [2.45, 2.75) is 39.7 Å². The molecule has 0 aromatic heterocycles. The first-order valence-electron chi connectivity index (χ1n) is 5.73. The predicted octanol–water partition coefficient (Wildman–Crippen LogP) is 4.26. The lowest BCUT2D eigenvalue weighted by atomic mass is 10.1. The van der Waals surface area contributed by atoms with Gasteiger partial charge in [0.1, 0.15) is 5.75 Å². The Morgan fingerprint density at radius 1 is 1.31 bits per heavy atom. The van der Waals surface area contributed by atoms with Crippen LogP contribution in [0, 0.1) is 6.92 Å². The number of benzene rings is 1. The molecule has 1 rings (SSSR count). The molecular weight excluding hydrogens is 222 g/mol. The highest BCUT2D eigenvalue weighted by Crippen LogP contribution is 2.31. The molecule has 0 aliphatic rings. The minimum absolute atomic E-state index is 0.481. The third-order valence-corrected chi connectivity index (χ3v) is 3.23. The SMILES string of the molecule is CCC(CC)Nc1cc(C)c(Cl)cc1OC. The second kappa shape index (κ2) is 6.00. The molecule has 0 saturated heterocycles. The van der Waals surface area contributed by atoms with Gasteiger partial charge in [-0.2, -0.15) is 0 Å². The molecule has 0 radical (unpaired) electrons. The molecule has 16 heavy (non-hydrogen) atoms. The van der Waals surface area contributed by atoms with Crippen LogP contribution in [0.25, 0.3) is 0 Å². The van der Waals surface area contributed by atoms with E-state index >= 15 is 0 Å². The minimum atomic E-state index is 0.481. The smallest absolute Gasteiger partial charge is 0.143 e. The van der Waals surface area contributed by atoms with E-state index in [1.54, 1.807) is 7.11 Å². The van der Waals surface area contributed by atoms with Gasteiger partial charge < -0.3 is 10.1 Å². The van der Waals surface area contributed by atoms with Crippen LogP contribution in [0.1, 0.15) is 32.3 Å². The maximum atomic E-state index is 6.06. The monoisotopic (exact) mass is 241 g/mol. The molecule has 90 valence electrons. The molecule has 0 bridgehead atoms. The Kier molecular flexibility index (Phi) is 4.94. The zero-order valence-corrected chi connectivity index (χ0v) is 11.2. The van der Waals surface area contributed by atoms with Crippen LogP contribution in [0.2, 0.25) is 5.02 Å². The first kappa shape index (κ1) is 13.2. The van der Waals surface area contributed by atoms with Crippen molar-refractivity contribution >= 4 is 17.3 Å². The van der Waals surface area contributed by atoms with Gasteiger partial charge in [0.05, 0.1) is 12.8 Å². The molecule has 0 saturated carbocycles. The maximum Gasteiger partial charge on any atom is 0.143 e. The number of hydrogen-bond donors (Lipinski definition) is 1. The molecule has 0 spiro atoms. The van der Waals surface area contributed by atoms with E-state index in [4.69, 9.17) is 16.3 Å². The molecule has 0 aliphatic carbocycles. The number of anilines is 1. The van der Waals surface area contributed by atoms with E-state index in [9.17, 15) is 0 Å². The lowest BCUT2D eigenvalue weighted by molar-refractivity contribution is 0.415. The van der Waals surface area contributed by atoms with E-state index in [1.807, 2.05) is 19.1 Å². The molecular formula is C13H20ClNO. The van der Waals surface area contributed by atoms with Gasteiger partial charge in [-0.15, -0.1) is 0 Å². The molecule has 0 unspecified atom stereocenters. The summed E-state index contributed by atoms with van der Waals surface area (Å²) in [5.74, 6) is 0.808. The zero-order chi connectivity index (χ0) is 12.1. The summed E-state index contributed by atoms with van der Waals surface area (Å²) >= 11 is 6.06. The standard InChI is InChI=1S/C13H20ClNO/c1-5-10(6-2)15-12-7-9(3)11(14)8-13(12)16-4/h7-8,10,15H,5-6H2,1-4H3. The first-order valence-corrected chi connectivity index (χ1v) is 6.10. The highest BCUT2D eigenvalue weighted by Gasteiger charge is 2.10. The van der Waals surface area contributed by atoms with Crippen molar-refractivity contribution < 1.29 is 4.74 Å². The first-order chi connectivity index (χ1) is 7.62. The fourth-order valence-electron chi connectivity index (χ4n) is 1.66. The summed E-state index contributed by atoms with van der Waals surface area (Å²) in [6.45, 7) is 6.35. The van der Waals surface area contributed by atoms with Crippen LogP contribution in [-0.2, 0) is 0 Å². The minimum Gasteiger partial charge on any atom is -0.495 e.